The second kappa shape index (κ2) is 12.6. The number of fused-ring (bicyclic) bond motifs is 1. The van der Waals surface area contributed by atoms with Gasteiger partial charge in [0.2, 0.25) is 5.91 Å². The predicted molar refractivity (Wildman–Crippen MR) is 141 cm³/mol. The molecular weight excluding hydrogens is 542 g/mol. The van der Waals surface area contributed by atoms with Gasteiger partial charge in [0.05, 0.1) is 19.4 Å². The highest BCUT2D eigenvalue weighted by Crippen LogP contribution is 2.28. The van der Waals surface area contributed by atoms with Gasteiger partial charge in [0.25, 0.3) is 5.91 Å². The smallest absolute Gasteiger partial charge is 0.359 e. The van der Waals surface area contributed by atoms with Crippen molar-refractivity contribution in [1.82, 2.24) is 25.1 Å². The van der Waals surface area contributed by atoms with Gasteiger partial charge in [-0.15, -0.1) is 0 Å². The number of nitrogens with one attached hydrogen (secondary N) is 1. The van der Waals surface area contributed by atoms with Gasteiger partial charge >= 0.3 is 5.97 Å². The first-order valence-electron chi connectivity index (χ1n) is 12.8. The molecule has 0 atom stereocenters. The topological polar surface area (TPSA) is 106 Å². The lowest BCUT2D eigenvalue weighted by atomic mass is 10.0. The van der Waals surface area contributed by atoms with E-state index < -0.39 is 5.97 Å². The first kappa shape index (κ1) is 27.1. The summed E-state index contributed by atoms with van der Waals surface area (Å²) in [7, 11) is 1.59. The van der Waals surface area contributed by atoms with Crippen molar-refractivity contribution in [3.63, 3.8) is 0 Å². The summed E-state index contributed by atoms with van der Waals surface area (Å²) in [6, 6.07) is 7.30. The largest absolute Gasteiger partial charge is 0.497 e. The third-order valence-corrected chi connectivity index (χ3v) is 7.31. The van der Waals surface area contributed by atoms with Crippen LogP contribution >= 0.6 is 15.9 Å². The van der Waals surface area contributed by atoms with Crippen molar-refractivity contribution < 1.29 is 23.9 Å². The maximum atomic E-state index is 13.8. The van der Waals surface area contributed by atoms with Gasteiger partial charge in [-0.2, -0.15) is 5.10 Å². The number of unbranched alkanes of at least 4 members (excludes halogenated alkanes) is 1. The molecule has 0 spiro atoms. The Hall–Kier alpha value is -2.92. The van der Waals surface area contributed by atoms with Crippen LogP contribution in [0.4, 0.5) is 0 Å². The third-order valence-electron chi connectivity index (χ3n) is 6.75. The summed E-state index contributed by atoms with van der Waals surface area (Å²) in [6.45, 7) is 3.75. The number of nitrogens with zero attached hydrogens (tertiary/aromatic N) is 4. The van der Waals surface area contributed by atoms with Gasteiger partial charge < -0.3 is 14.8 Å². The van der Waals surface area contributed by atoms with Gasteiger partial charge in [-0.05, 0) is 63.3 Å². The zero-order chi connectivity index (χ0) is 26.4. The Kier molecular flexibility index (Phi) is 9.20. The Morgan fingerprint density at radius 3 is 2.51 bits per heavy atom. The molecule has 0 radical (unpaired) electrons. The number of hydrogen-bond donors (Lipinski definition) is 1. The summed E-state index contributed by atoms with van der Waals surface area (Å²) >= 11 is 3.39. The Labute approximate surface area is 225 Å². The molecule has 2 aromatic rings. The van der Waals surface area contributed by atoms with Crippen LogP contribution in [0, 0.1) is 0 Å². The molecule has 2 aliphatic rings. The van der Waals surface area contributed by atoms with Crippen LogP contribution in [0.5, 0.6) is 5.75 Å². The maximum Gasteiger partial charge on any atom is 0.359 e. The highest BCUT2D eigenvalue weighted by molar-refractivity contribution is 9.09. The van der Waals surface area contributed by atoms with E-state index in [1.54, 1.807) is 43.3 Å². The van der Waals surface area contributed by atoms with Crippen molar-refractivity contribution in [3.8, 4) is 11.4 Å². The molecule has 1 saturated heterocycles. The SMILES string of the molecule is CCOC(=O)c1nn(-c2ccc(OC)cc2)c2c1CCN(N1CCC(NC(=O)CCCCBr)CC1)C2=O. The van der Waals surface area contributed by atoms with Crippen LogP contribution in [0.25, 0.3) is 5.69 Å². The van der Waals surface area contributed by atoms with Gasteiger partial charge in [0.1, 0.15) is 11.4 Å². The number of methoxy groups -OCH3 is 1. The molecule has 1 fully saturated rings. The molecule has 1 N–H and O–H groups in total. The predicted octanol–water partition coefficient (Wildman–Crippen LogP) is 3.12. The van der Waals surface area contributed by atoms with Crippen LogP contribution in [0.15, 0.2) is 24.3 Å². The van der Waals surface area contributed by atoms with Crippen LogP contribution in [-0.2, 0) is 16.0 Å². The van der Waals surface area contributed by atoms with Crippen LogP contribution < -0.4 is 10.1 Å². The molecule has 10 nitrogen and oxygen atoms in total. The van der Waals surface area contributed by atoms with Gasteiger partial charge in [-0.25, -0.2) is 14.5 Å². The highest BCUT2D eigenvalue weighted by atomic mass is 79.9. The number of hydrazine groups is 1. The number of benzene rings is 1. The van der Waals surface area contributed by atoms with Gasteiger partial charge in [0, 0.05) is 43.0 Å². The van der Waals surface area contributed by atoms with Crippen LogP contribution in [0.3, 0.4) is 0 Å². The van der Waals surface area contributed by atoms with E-state index >= 15 is 0 Å². The van der Waals surface area contributed by atoms with Crippen molar-refractivity contribution in [2.24, 2.45) is 0 Å². The molecule has 1 aromatic carbocycles. The van der Waals surface area contributed by atoms with Gasteiger partial charge in [-0.3, -0.25) is 14.6 Å². The van der Waals surface area contributed by atoms with Crippen LogP contribution in [0.1, 0.15) is 65.6 Å². The zero-order valence-electron chi connectivity index (χ0n) is 21.4. The quantitative estimate of drug-likeness (QED) is 0.263. The lowest BCUT2D eigenvalue weighted by Crippen LogP contribution is -2.55. The van der Waals surface area contributed by atoms with Gasteiger partial charge in [-0.1, -0.05) is 15.9 Å². The molecule has 2 amide bonds. The van der Waals surface area contributed by atoms with E-state index in [-0.39, 0.29) is 30.2 Å². The van der Waals surface area contributed by atoms with Crippen LogP contribution in [0.2, 0.25) is 0 Å². The van der Waals surface area contributed by atoms with Crippen molar-refractivity contribution >= 4 is 33.7 Å². The van der Waals surface area contributed by atoms with Gasteiger partial charge in [0.15, 0.2) is 5.69 Å². The molecular formula is C26H34BrN5O5. The Balaban J connectivity index is 1.50. The fourth-order valence-corrected chi connectivity index (χ4v) is 5.22. The molecule has 0 saturated carbocycles. The average Bonchev–Trinajstić information content (AvgIpc) is 3.31. The Morgan fingerprint density at radius 1 is 1.14 bits per heavy atom. The number of esters is 1. The summed E-state index contributed by atoms with van der Waals surface area (Å²) in [5, 5.41) is 12.4. The summed E-state index contributed by atoms with van der Waals surface area (Å²) in [4.78, 5) is 38.7. The summed E-state index contributed by atoms with van der Waals surface area (Å²) in [5.41, 5.74) is 1.83. The third kappa shape index (κ3) is 6.15. The van der Waals surface area contributed by atoms with Crippen molar-refractivity contribution in [3.05, 3.63) is 41.2 Å². The number of alkyl halides is 1. The number of amides is 2. The molecule has 3 heterocycles. The first-order valence-corrected chi connectivity index (χ1v) is 13.9. The van der Waals surface area contributed by atoms with Crippen molar-refractivity contribution in [1.29, 1.82) is 0 Å². The number of halogens is 1. The number of hydrogen-bond acceptors (Lipinski definition) is 7. The number of ether oxygens (including phenoxy) is 2. The number of carbonyl (C=O) groups is 3. The molecule has 37 heavy (non-hydrogen) atoms. The van der Waals surface area contributed by atoms with E-state index in [1.165, 1.54) is 4.68 Å². The molecule has 200 valence electrons. The van der Waals surface area contributed by atoms with E-state index in [1.807, 2.05) is 5.01 Å². The second-order valence-electron chi connectivity index (χ2n) is 9.13. The molecule has 0 unspecified atom stereocenters. The minimum atomic E-state index is -0.528. The minimum absolute atomic E-state index is 0.0907. The molecule has 0 bridgehead atoms. The zero-order valence-corrected chi connectivity index (χ0v) is 23.0. The fourth-order valence-electron chi connectivity index (χ4n) is 4.82. The maximum absolute atomic E-state index is 13.8. The Morgan fingerprint density at radius 2 is 1.86 bits per heavy atom. The number of aromatic nitrogens is 2. The second-order valence-corrected chi connectivity index (χ2v) is 9.92. The van der Waals surface area contributed by atoms with E-state index in [9.17, 15) is 14.4 Å². The lowest BCUT2D eigenvalue weighted by Gasteiger charge is -2.41. The van der Waals surface area contributed by atoms with Crippen molar-refractivity contribution in [2.75, 3.05) is 38.7 Å². The average molecular weight is 576 g/mol. The van der Waals surface area contributed by atoms with Crippen LogP contribution in [-0.4, -0.2) is 82.3 Å². The highest BCUT2D eigenvalue weighted by Gasteiger charge is 2.38. The normalized spacial score (nSPS) is 16.4. The summed E-state index contributed by atoms with van der Waals surface area (Å²) in [6.07, 6.45) is 4.43. The van der Waals surface area contributed by atoms with E-state index in [2.05, 4.69) is 26.3 Å². The molecule has 4 rings (SSSR count). The number of carbonyl (C=O) groups excluding carboxylic acids is 3. The van der Waals surface area contributed by atoms with E-state index in [0.29, 0.717) is 55.2 Å². The summed E-state index contributed by atoms with van der Waals surface area (Å²) in [5.74, 6) is 0.0479. The lowest BCUT2D eigenvalue weighted by molar-refractivity contribution is -0.122. The summed E-state index contributed by atoms with van der Waals surface area (Å²) < 4.78 is 12.0. The monoisotopic (exact) mass is 575 g/mol. The molecule has 11 heteroatoms. The Bertz CT molecular complexity index is 1110. The number of rotatable bonds is 10. The number of piperidine rings is 1. The standard InChI is InChI=1S/C26H34BrN5O5/c1-3-37-26(35)23-21-13-17-31(30-15-11-18(12-16-30)28-22(33)6-4-5-14-27)25(34)24(21)32(29-23)19-7-9-20(36-2)10-8-19/h7-10,18H,3-6,11-17H2,1-2H3,(H,28,33). The van der Waals surface area contributed by atoms with E-state index in [4.69, 9.17) is 9.47 Å². The first-order chi connectivity index (χ1) is 18.0. The molecule has 1 aromatic heterocycles. The molecule has 0 aliphatic carbocycles. The van der Waals surface area contributed by atoms with Crippen molar-refractivity contribution in [2.45, 2.75) is 51.5 Å². The minimum Gasteiger partial charge on any atom is -0.497 e. The molecule has 2 aliphatic heterocycles. The fraction of sp³-hybridized carbons (Fsp3) is 0.538. The van der Waals surface area contributed by atoms with E-state index in [0.717, 1.165) is 31.0 Å².